The van der Waals surface area contributed by atoms with Crippen molar-refractivity contribution in [1.29, 1.82) is 0 Å². The fourth-order valence-electron chi connectivity index (χ4n) is 2.78. The summed E-state index contributed by atoms with van der Waals surface area (Å²) < 4.78 is 4.06. The Kier molecular flexibility index (Phi) is 3.74. The number of aromatic nitrogens is 3. The smallest absolute Gasteiger partial charge is 0.0865 e. The van der Waals surface area contributed by atoms with Gasteiger partial charge in [-0.1, -0.05) is 29.8 Å². The van der Waals surface area contributed by atoms with E-state index in [-0.39, 0.29) is 6.61 Å². The number of para-hydroxylation sites is 1. The summed E-state index contributed by atoms with van der Waals surface area (Å²) in [7, 11) is 0. The SMILES string of the molecule is CCn1nc(C)c(Cl)c1Cn1ccc2cccc(CO)c21. The molecule has 4 nitrogen and oxygen atoms in total. The monoisotopic (exact) mass is 303 g/mol. The molecule has 0 aliphatic carbocycles. The highest BCUT2D eigenvalue weighted by atomic mass is 35.5. The lowest BCUT2D eigenvalue weighted by Crippen LogP contribution is -2.08. The highest BCUT2D eigenvalue weighted by Crippen LogP contribution is 2.25. The second kappa shape index (κ2) is 5.54. The van der Waals surface area contributed by atoms with E-state index in [0.29, 0.717) is 6.54 Å². The molecule has 21 heavy (non-hydrogen) atoms. The predicted octanol–water partition coefficient (Wildman–Crippen LogP) is 3.36. The molecule has 2 aromatic heterocycles. The summed E-state index contributed by atoms with van der Waals surface area (Å²) in [5.74, 6) is 0. The number of halogens is 1. The summed E-state index contributed by atoms with van der Waals surface area (Å²) >= 11 is 6.39. The number of nitrogens with zero attached hydrogens (tertiary/aromatic N) is 3. The van der Waals surface area contributed by atoms with Gasteiger partial charge in [-0.25, -0.2) is 0 Å². The summed E-state index contributed by atoms with van der Waals surface area (Å²) in [4.78, 5) is 0. The van der Waals surface area contributed by atoms with Crippen LogP contribution in [-0.4, -0.2) is 19.5 Å². The second-order valence-corrected chi connectivity index (χ2v) is 5.50. The first-order valence-electron chi connectivity index (χ1n) is 7.05. The normalized spacial score (nSPS) is 11.4. The van der Waals surface area contributed by atoms with Gasteiger partial charge in [-0.05, 0) is 25.3 Å². The van der Waals surface area contributed by atoms with E-state index in [1.807, 2.05) is 29.9 Å². The predicted molar refractivity (Wildman–Crippen MR) is 84.6 cm³/mol. The topological polar surface area (TPSA) is 43.0 Å². The Morgan fingerprint density at radius 3 is 2.81 bits per heavy atom. The van der Waals surface area contributed by atoms with Gasteiger partial charge in [0, 0.05) is 18.3 Å². The molecule has 1 aromatic carbocycles. The van der Waals surface area contributed by atoms with Crippen molar-refractivity contribution in [3.8, 4) is 0 Å². The van der Waals surface area contributed by atoms with Crippen molar-refractivity contribution in [2.45, 2.75) is 33.5 Å². The van der Waals surface area contributed by atoms with Crippen molar-refractivity contribution in [3.63, 3.8) is 0 Å². The van der Waals surface area contributed by atoms with E-state index in [0.717, 1.165) is 39.4 Å². The molecule has 0 saturated carbocycles. The first kappa shape index (κ1) is 14.2. The van der Waals surface area contributed by atoms with Crippen molar-refractivity contribution in [2.24, 2.45) is 0 Å². The maximum absolute atomic E-state index is 9.55. The summed E-state index contributed by atoms with van der Waals surface area (Å²) in [5, 5.41) is 15.8. The van der Waals surface area contributed by atoms with Crippen LogP contribution in [0.25, 0.3) is 10.9 Å². The molecule has 2 heterocycles. The highest BCUT2D eigenvalue weighted by Gasteiger charge is 2.14. The molecule has 0 atom stereocenters. The average molecular weight is 304 g/mol. The van der Waals surface area contributed by atoms with Crippen molar-refractivity contribution in [2.75, 3.05) is 0 Å². The quantitative estimate of drug-likeness (QED) is 0.803. The van der Waals surface area contributed by atoms with E-state index in [9.17, 15) is 5.11 Å². The molecule has 0 saturated heterocycles. The molecule has 0 amide bonds. The lowest BCUT2D eigenvalue weighted by atomic mass is 10.1. The van der Waals surface area contributed by atoms with E-state index < -0.39 is 0 Å². The molecule has 0 spiro atoms. The maximum Gasteiger partial charge on any atom is 0.0865 e. The second-order valence-electron chi connectivity index (χ2n) is 5.12. The fraction of sp³-hybridized carbons (Fsp3) is 0.312. The number of aliphatic hydroxyl groups excluding tert-OH is 1. The number of aryl methyl sites for hydroxylation is 2. The number of hydrogen-bond acceptors (Lipinski definition) is 2. The molecule has 3 aromatic rings. The molecule has 0 aliphatic rings. The van der Waals surface area contributed by atoms with E-state index in [1.165, 1.54) is 0 Å². The van der Waals surface area contributed by atoms with Gasteiger partial charge >= 0.3 is 0 Å². The summed E-state index contributed by atoms with van der Waals surface area (Å²) in [6.45, 7) is 5.44. The number of hydrogen-bond donors (Lipinski definition) is 1. The largest absolute Gasteiger partial charge is 0.392 e. The van der Waals surface area contributed by atoms with Crippen molar-refractivity contribution in [3.05, 3.63) is 52.4 Å². The van der Waals surface area contributed by atoms with Gasteiger partial charge < -0.3 is 9.67 Å². The zero-order valence-electron chi connectivity index (χ0n) is 12.2. The Morgan fingerprint density at radius 1 is 1.29 bits per heavy atom. The molecule has 5 heteroatoms. The van der Waals surface area contributed by atoms with Crippen LogP contribution in [0.2, 0.25) is 5.02 Å². The third-order valence-electron chi connectivity index (χ3n) is 3.82. The Morgan fingerprint density at radius 2 is 2.10 bits per heavy atom. The van der Waals surface area contributed by atoms with Crippen LogP contribution in [0.5, 0.6) is 0 Å². The molecule has 3 rings (SSSR count). The minimum Gasteiger partial charge on any atom is -0.392 e. The maximum atomic E-state index is 9.55. The number of aliphatic hydroxyl groups is 1. The van der Waals surface area contributed by atoms with Gasteiger partial charge in [0.25, 0.3) is 0 Å². The summed E-state index contributed by atoms with van der Waals surface area (Å²) in [5.41, 5.74) is 3.83. The number of fused-ring (bicyclic) bond motifs is 1. The van der Waals surface area contributed by atoms with Crippen molar-refractivity contribution >= 4 is 22.5 Å². The van der Waals surface area contributed by atoms with Crippen molar-refractivity contribution in [1.82, 2.24) is 14.3 Å². The standard InChI is InChI=1S/C16H18ClN3O/c1-3-20-14(15(17)11(2)18-20)9-19-8-7-12-5-4-6-13(10-21)16(12)19/h4-8,21H,3,9-10H2,1-2H3. The number of benzene rings is 1. The average Bonchev–Trinajstić information content (AvgIpc) is 3.03. The van der Waals surface area contributed by atoms with Crippen LogP contribution in [-0.2, 0) is 19.7 Å². The van der Waals surface area contributed by atoms with Gasteiger partial charge in [-0.3, -0.25) is 4.68 Å². The Labute approximate surface area is 128 Å². The van der Waals surface area contributed by atoms with E-state index in [1.54, 1.807) is 0 Å². The number of rotatable bonds is 4. The summed E-state index contributed by atoms with van der Waals surface area (Å²) in [6.07, 6.45) is 2.03. The van der Waals surface area contributed by atoms with Gasteiger partial charge in [0.15, 0.2) is 0 Å². The molecule has 1 N–H and O–H groups in total. The minimum absolute atomic E-state index is 0.0289. The van der Waals surface area contributed by atoms with Crippen LogP contribution < -0.4 is 0 Å². The van der Waals surface area contributed by atoms with Gasteiger partial charge in [0.2, 0.25) is 0 Å². The third kappa shape index (κ3) is 2.34. The lowest BCUT2D eigenvalue weighted by molar-refractivity contribution is 0.283. The molecule has 0 bridgehead atoms. The Hall–Kier alpha value is -1.78. The van der Waals surface area contributed by atoms with E-state index in [2.05, 4.69) is 28.7 Å². The van der Waals surface area contributed by atoms with Crippen molar-refractivity contribution < 1.29 is 5.11 Å². The molecule has 110 valence electrons. The van der Waals surface area contributed by atoms with Gasteiger partial charge in [-0.15, -0.1) is 0 Å². The zero-order chi connectivity index (χ0) is 15.0. The Balaban J connectivity index is 2.11. The molecule has 0 radical (unpaired) electrons. The van der Waals surface area contributed by atoms with Crippen LogP contribution in [0.3, 0.4) is 0 Å². The van der Waals surface area contributed by atoms with Crippen LogP contribution >= 0.6 is 11.6 Å². The molecule has 0 unspecified atom stereocenters. The van der Waals surface area contributed by atoms with Crippen LogP contribution in [0.1, 0.15) is 23.9 Å². The summed E-state index contributed by atoms with van der Waals surface area (Å²) in [6, 6.07) is 8.02. The minimum atomic E-state index is 0.0289. The fourth-order valence-corrected chi connectivity index (χ4v) is 2.98. The first-order chi connectivity index (χ1) is 10.2. The van der Waals surface area contributed by atoms with E-state index >= 15 is 0 Å². The van der Waals surface area contributed by atoms with Gasteiger partial charge in [-0.2, -0.15) is 5.10 Å². The Bertz CT molecular complexity index is 788. The molecular weight excluding hydrogens is 286 g/mol. The van der Waals surface area contributed by atoms with Crippen LogP contribution in [0.4, 0.5) is 0 Å². The molecule has 0 fully saturated rings. The van der Waals surface area contributed by atoms with Crippen LogP contribution in [0.15, 0.2) is 30.5 Å². The highest BCUT2D eigenvalue weighted by molar-refractivity contribution is 6.31. The molecule has 0 aliphatic heterocycles. The van der Waals surface area contributed by atoms with Gasteiger partial charge in [0.05, 0.1) is 35.1 Å². The molecular formula is C16H18ClN3O. The van der Waals surface area contributed by atoms with Crippen LogP contribution in [0, 0.1) is 6.92 Å². The first-order valence-corrected chi connectivity index (χ1v) is 7.42. The third-order valence-corrected chi connectivity index (χ3v) is 4.31. The zero-order valence-corrected chi connectivity index (χ0v) is 12.9. The van der Waals surface area contributed by atoms with E-state index in [4.69, 9.17) is 11.6 Å². The lowest BCUT2D eigenvalue weighted by Gasteiger charge is -2.10. The van der Waals surface area contributed by atoms with Gasteiger partial charge in [0.1, 0.15) is 0 Å².